The molecule has 3 nitrogen and oxygen atoms in total. The van der Waals surface area contributed by atoms with Gasteiger partial charge >= 0.3 is 0 Å². The average Bonchev–Trinajstić information content (AvgIpc) is 2.79. The van der Waals surface area contributed by atoms with E-state index in [2.05, 4.69) is 17.2 Å². The standard InChI is InChI=1S/C15H20FN3/c1-3-6-17-11-12-4-5-14(16)13(9-12)10-15-18-7-8-19(15)2/h4-5,7-9,17H,3,6,10-11H2,1-2H3. The molecule has 0 atom stereocenters. The van der Waals surface area contributed by atoms with Gasteiger partial charge in [-0.15, -0.1) is 0 Å². The van der Waals surface area contributed by atoms with Crippen LogP contribution in [-0.4, -0.2) is 16.1 Å². The Labute approximate surface area is 113 Å². The van der Waals surface area contributed by atoms with Gasteiger partial charge in [0, 0.05) is 32.4 Å². The maximum atomic E-state index is 13.8. The van der Waals surface area contributed by atoms with Crippen molar-refractivity contribution in [1.29, 1.82) is 0 Å². The van der Waals surface area contributed by atoms with Gasteiger partial charge in [0.15, 0.2) is 0 Å². The van der Waals surface area contributed by atoms with Crippen molar-refractivity contribution in [2.24, 2.45) is 7.05 Å². The molecule has 0 aliphatic heterocycles. The second-order valence-electron chi connectivity index (χ2n) is 4.73. The average molecular weight is 261 g/mol. The summed E-state index contributed by atoms with van der Waals surface area (Å²) in [7, 11) is 1.92. The van der Waals surface area contributed by atoms with Gasteiger partial charge in [-0.3, -0.25) is 0 Å². The highest BCUT2D eigenvalue weighted by Crippen LogP contribution is 2.14. The third-order valence-corrected chi connectivity index (χ3v) is 3.14. The van der Waals surface area contributed by atoms with Crippen LogP contribution in [0.4, 0.5) is 4.39 Å². The quantitative estimate of drug-likeness (QED) is 0.810. The van der Waals surface area contributed by atoms with Gasteiger partial charge in [0.1, 0.15) is 11.6 Å². The second-order valence-corrected chi connectivity index (χ2v) is 4.73. The van der Waals surface area contributed by atoms with Gasteiger partial charge in [0.25, 0.3) is 0 Å². The lowest BCUT2D eigenvalue weighted by molar-refractivity contribution is 0.607. The summed E-state index contributed by atoms with van der Waals surface area (Å²) < 4.78 is 15.7. The van der Waals surface area contributed by atoms with Gasteiger partial charge in [-0.2, -0.15) is 0 Å². The van der Waals surface area contributed by atoms with Crippen LogP contribution in [0.25, 0.3) is 0 Å². The van der Waals surface area contributed by atoms with Gasteiger partial charge in [-0.05, 0) is 30.2 Å². The minimum Gasteiger partial charge on any atom is -0.338 e. The Morgan fingerprint density at radius 3 is 2.89 bits per heavy atom. The number of nitrogens with zero attached hydrogens (tertiary/aromatic N) is 2. The lowest BCUT2D eigenvalue weighted by Gasteiger charge is -2.08. The molecule has 1 N–H and O–H groups in total. The molecule has 0 aliphatic rings. The highest BCUT2D eigenvalue weighted by Gasteiger charge is 2.07. The van der Waals surface area contributed by atoms with Crippen LogP contribution in [0.1, 0.15) is 30.3 Å². The summed E-state index contributed by atoms with van der Waals surface area (Å²) in [5.41, 5.74) is 1.81. The Kier molecular flexibility index (Phi) is 4.68. The van der Waals surface area contributed by atoms with E-state index in [4.69, 9.17) is 0 Å². The molecule has 2 rings (SSSR count). The Hall–Kier alpha value is -1.68. The van der Waals surface area contributed by atoms with Gasteiger partial charge in [0.05, 0.1) is 0 Å². The topological polar surface area (TPSA) is 29.9 Å². The van der Waals surface area contributed by atoms with Gasteiger partial charge < -0.3 is 9.88 Å². The van der Waals surface area contributed by atoms with E-state index in [0.717, 1.165) is 30.9 Å². The van der Waals surface area contributed by atoms with E-state index in [9.17, 15) is 4.39 Å². The number of hydrogen-bond acceptors (Lipinski definition) is 2. The van der Waals surface area contributed by atoms with Crippen molar-refractivity contribution >= 4 is 0 Å². The van der Waals surface area contributed by atoms with Crippen LogP contribution in [0.3, 0.4) is 0 Å². The molecule has 19 heavy (non-hydrogen) atoms. The van der Waals surface area contributed by atoms with Crippen LogP contribution in [0.5, 0.6) is 0 Å². The van der Waals surface area contributed by atoms with E-state index < -0.39 is 0 Å². The summed E-state index contributed by atoms with van der Waals surface area (Å²) in [6.45, 7) is 3.89. The van der Waals surface area contributed by atoms with Crippen LogP contribution in [-0.2, 0) is 20.0 Å². The molecule has 1 aromatic heterocycles. The summed E-state index contributed by atoms with van der Waals surface area (Å²) in [4.78, 5) is 4.24. The van der Waals surface area contributed by atoms with Gasteiger partial charge in [-0.25, -0.2) is 9.37 Å². The number of imidazole rings is 1. The van der Waals surface area contributed by atoms with Crippen molar-refractivity contribution in [3.63, 3.8) is 0 Å². The predicted octanol–water partition coefficient (Wildman–Crippen LogP) is 2.65. The third kappa shape index (κ3) is 3.64. The smallest absolute Gasteiger partial charge is 0.126 e. The highest BCUT2D eigenvalue weighted by molar-refractivity contribution is 5.27. The Bertz CT molecular complexity index is 534. The fourth-order valence-electron chi connectivity index (χ4n) is 2.02. The molecule has 0 saturated heterocycles. The van der Waals surface area contributed by atoms with Crippen molar-refractivity contribution < 1.29 is 4.39 Å². The SMILES string of the molecule is CCCNCc1ccc(F)c(Cc2nccn2C)c1. The lowest BCUT2D eigenvalue weighted by atomic mass is 10.1. The molecule has 0 bridgehead atoms. The molecule has 0 fully saturated rings. The Balaban J connectivity index is 2.11. The number of rotatable bonds is 6. The first-order valence-electron chi connectivity index (χ1n) is 6.65. The van der Waals surface area contributed by atoms with Crippen molar-refractivity contribution in [3.05, 3.63) is 53.4 Å². The molecular formula is C15H20FN3. The summed E-state index contributed by atoms with van der Waals surface area (Å²) in [5.74, 6) is 0.708. The zero-order chi connectivity index (χ0) is 13.7. The minimum atomic E-state index is -0.165. The monoisotopic (exact) mass is 261 g/mol. The first-order chi connectivity index (χ1) is 9.20. The van der Waals surface area contributed by atoms with E-state index in [1.807, 2.05) is 29.9 Å². The van der Waals surface area contributed by atoms with Crippen LogP contribution in [0.15, 0.2) is 30.6 Å². The fraction of sp³-hybridized carbons (Fsp3) is 0.400. The van der Waals surface area contributed by atoms with Crippen molar-refractivity contribution in [3.8, 4) is 0 Å². The first kappa shape index (κ1) is 13.7. The number of halogens is 1. The predicted molar refractivity (Wildman–Crippen MR) is 74.4 cm³/mol. The Morgan fingerprint density at radius 1 is 1.37 bits per heavy atom. The summed E-state index contributed by atoms with van der Waals surface area (Å²) in [5, 5.41) is 3.32. The second kappa shape index (κ2) is 6.48. The van der Waals surface area contributed by atoms with Crippen molar-refractivity contribution in [1.82, 2.24) is 14.9 Å². The highest BCUT2D eigenvalue weighted by atomic mass is 19.1. The number of aryl methyl sites for hydroxylation is 1. The van der Waals surface area contributed by atoms with Crippen LogP contribution < -0.4 is 5.32 Å². The molecule has 4 heteroatoms. The van der Waals surface area contributed by atoms with Gasteiger partial charge in [0.2, 0.25) is 0 Å². The van der Waals surface area contributed by atoms with E-state index in [-0.39, 0.29) is 5.82 Å². The molecule has 0 saturated carbocycles. The molecule has 102 valence electrons. The zero-order valence-corrected chi connectivity index (χ0v) is 11.5. The van der Waals surface area contributed by atoms with Crippen LogP contribution in [0, 0.1) is 5.82 Å². The molecule has 0 radical (unpaired) electrons. The molecule has 1 aromatic carbocycles. The van der Waals surface area contributed by atoms with E-state index in [1.165, 1.54) is 0 Å². The zero-order valence-electron chi connectivity index (χ0n) is 11.5. The fourth-order valence-corrected chi connectivity index (χ4v) is 2.02. The molecular weight excluding hydrogens is 241 g/mol. The lowest BCUT2D eigenvalue weighted by Crippen LogP contribution is -2.14. The summed E-state index contributed by atoms with van der Waals surface area (Å²) in [6, 6.07) is 5.30. The largest absolute Gasteiger partial charge is 0.338 e. The molecule has 2 aromatic rings. The molecule has 0 aliphatic carbocycles. The van der Waals surface area contributed by atoms with Crippen molar-refractivity contribution in [2.75, 3.05) is 6.54 Å². The first-order valence-corrected chi connectivity index (χ1v) is 6.65. The van der Waals surface area contributed by atoms with Crippen molar-refractivity contribution in [2.45, 2.75) is 26.3 Å². The summed E-state index contributed by atoms with van der Waals surface area (Å²) >= 11 is 0. The van der Waals surface area contributed by atoms with Gasteiger partial charge in [-0.1, -0.05) is 19.1 Å². The third-order valence-electron chi connectivity index (χ3n) is 3.14. The number of hydrogen-bond donors (Lipinski definition) is 1. The molecule has 1 heterocycles. The van der Waals surface area contributed by atoms with E-state index in [1.54, 1.807) is 12.3 Å². The van der Waals surface area contributed by atoms with E-state index >= 15 is 0 Å². The maximum absolute atomic E-state index is 13.8. The van der Waals surface area contributed by atoms with E-state index in [0.29, 0.717) is 12.0 Å². The summed E-state index contributed by atoms with van der Waals surface area (Å²) in [6.07, 6.45) is 5.23. The normalized spacial score (nSPS) is 10.9. The van der Waals surface area contributed by atoms with Crippen LogP contribution >= 0.6 is 0 Å². The molecule has 0 spiro atoms. The number of benzene rings is 1. The maximum Gasteiger partial charge on any atom is 0.126 e. The molecule has 0 unspecified atom stereocenters. The number of aromatic nitrogens is 2. The molecule has 0 amide bonds. The van der Waals surface area contributed by atoms with Crippen LogP contribution in [0.2, 0.25) is 0 Å². The number of nitrogens with one attached hydrogen (secondary N) is 1. The Morgan fingerprint density at radius 2 is 2.21 bits per heavy atom. The minimum absolute atomic E-state index is 0.165.